The molecule has 0 bridgehead atoms. The lowest BCUT2D eigenvalue weighted by molar-refractivity contribution is 0.0951. The van der Waals surface area contributed by atoms with E-state index in [1.165, 1.54) is 0 Å². The van der Waals surface area contributed by atoms with Crippen molar-refractivity contribution in [3.8, 4) is 0 Å². The SMILES string of the molecule is Cc1cnccc1CNC(=O)c1ccc(/C(N)=N/O)cc1. The predicted molar refractivity (Wildman–Crippen MR) is 79.1 cm³/mol. The Bertz CT molecular complexity index is 666. The van der Waals surface area contributed by atoms with Crippen LogP contribution in [0.1, 0.15) is 27.0 Å². The molecule has 6 heteroatoms. The van der Waals surface area contributed by atoms with E-state index in [2.05, 4.69) is 15.5 Å². The van der Waals surface area contributed by atoms with E-state index >= 15 is 0 Å². The van der Waals surface area contributed by atoms with Crippen molar-refractivity contribution >= 4 is 11.7 Å². The summed E-state index contributed by atoms with van der Waals surface area (Å²) in [6.45, 7) is 2.38. The van der Waals surface area contributed by atoms with Crippen molar-refractivity contribution in [2.45, 2.75) is 13.5 Å². The second-order valence-electron chi connectivity index (χ2n) is 4.55. The number of rotatable bonds is 4. The van der Waals surface area contributed by atoms with Crippen LogP contribution in [0, 0.1) is 6.92 Å². The van der Waals surface area contributed by atoms with Gasteiger partial charge in [-0.15, -0.1) is 0 Å². The number of carbonyl (C=O) groups excluding carboxylic acids is 1. The summed E-state index contributed by atoms with van der Waals surface area (Å²) in [4.78, 5) is 16.1. The number of pyridine rings is 1. The fourth-order valence-electron chi connectivity index (χ4n) is 1.83. The van der Waals surface area contributed by atoms with Crippen LogP contribution < -0.4 is 11.1 Å². The van der Waals surface area contributed by atoms with Crippen LogP contribution in [0.15, 0.2) is 47.9 Å². The summed E-state index contributed by atoms with van der Waals surface area (Å²) in [5.41, 5.74) is 8.58. The van der Waals surface area contributed by atoms with Gasteiger partial charge in [0.05, 0.1) is 0 Å². The zero-order valence-corrected chi connectivity index (χ0v) is 11.6. The molecule has 0 aliphatic rings. The lowest BCUT2D eigenvalue weighted by Gasteiger charge is -2.08. The minimum absolute atomic E-state index is 0.00867. The summed E-state index contributed by atoms with van der Waals surface area (Å²) < 4.78 is 0. The predicted octanol–water partition coefficient (Wildman–Crippen LogP) is 1.41. The molecule has 0 radical (unpaired) electrons. The molecule has 1 aromatic carbocycles. The number of nitrogens with one attached hydrogen (secondary N) is 1. The minimum atomic E-state index is -0.183. The lowest BCUT2D eigenvalue weighted by atomic mass is 10.1. The van der Waals surface area contributed by atoms with Gasteiger partial charge in [0.15, 0.2) is 5.84 Å². The zero-order chi connectivity index (χ0) is 15.2. The van der Waals surface area contributed by atoms with E-state index in [1.807, 2.05) is 13.0 Å². The van der Waals surface area contributed by atoms with Gasteiger partial charge in [-0.05, 0) is 36.2 Å². The summed E-state index contributed by atoms with van der Waals surface area (Å²) in [5.74, 6) is -0.174. The Morgan fingerprint density at radius 2 is 1.95 bits per heavy atom. The highest BCUT2D eigenvalue weighted by atomic mass is 16.4. The summed E-state index contributed by atoms with van der Waals surface area (Å²) in [5, 5.41) is 14.3. The average Bonchev–Trinajstić information content (AvgIpc) is 2.53. The lowest BCUT2D eigenvalue weighted by Crippen LogP contribution is -2.23. The molecular weight excluding hydrogens is 268 g/mol. The first-order valence-corrected chi connectivity index (χ1v) is 6.37. The van der Waals surface area contributed by atoms with E-state index in [9.17, 15) is 4.79 Å². The van der Waals surface area contributed by atoms with Crippen molar-refractivity contribution in [1.29, 1.82) is 0 Å². The molecule has 0 aliphatic carbocycles. The molecule has 2 rings (SSSR count). The Labute approximate surface area is 122 Å². The van der Waals surface area contributed by atoms with Gasteiger partial charge in [-0.25, -0.2) is 0 Å². The fourth-order valence-corrected chi connectivity index (χ4v) is 1.83. The van der Waals surface area contributed by atoms with Gasteiger partial charge >= 0.3 is 0 Å². The first-order valence-electron chi connectivity index (χ1n) is 6.37. The third kappa shape index (κ3) is 3.56. The molecule has 0 atom stereocenters. The summed E-state index contributed by atoms with van der Waals surface area (Å²) in [7, 11) is 0. The van der Waals surface area contributed by atoms with E-state index in [0.29, 0.717) is 17.7 Å². The van der Waals surface area contributed by atoms with Crippen molar-refractivity contribution in [1.82, 2.24) is 10.3 Å². The second kappa shape index (κ2) is 6.51. The fraction of sp³-hybridized carbons (Fsp3) is 0.133. The maximum absolute atomic E-state index is 12.0. The molecule has 1 aromatic heterocycles. The van der Waals surface area contributed by atoms with Crippen molar-refractivity contribution in [2.24, 2.45) is 10.9 Å². The van der Waals surface area contributed by atoms with Crippen LogP contribution >= 0.6 is 0 Å². The molecule has 1 heterocycles. The Balaban J connectivity index is 2.02. The van der Waals surface area contributed by atoms with Gasteiger partial charge in [-0.2, -0.15) is 0 Å². The average molecular weight is 284 g/mol. The zero-order valence-electron chi connectivity index (χ0n) is 11.6. The minimum Gasteiger partial charge on any atom is -0.409 e. The van der Waals surface area contributed by atoms with Crippen LogP contribution in [0.5, 0.6) is 0 Å². The molecule has 108 valence electrons. The Kier molecular flexibility index (Phi) is 4.50. The number of carbonyl (C=O) groups is 1. The van der Waals surface area contributed by atoms with E-state index in [0.717, 1.165) is 11.1 Å². The highest BCUT2D eigenvalue weighted by molar-refractivity contribution is 5.99. The normalized spacial score (nSPS) is 11.2. The molecular formula is C15H16N4O2. The van der Waals surface area contributed by atoms with Crippen LogP contribution in [0.3, 0.4) is 0 Å². The molecule has 21 heavy (non-hydrogen) atoms. The molecule has 0 spiro atoms. The van der Waals surface area contributed by atoms with E-state index in [-0.39, 0.29) is 11.7 Å². The number of hydrogen-bond acceptors (Lipinski definition) is 4. The first-order chi connectivity index (χ1) is 10.1. The summed E-state index contributed by atoms with van der Waals surface area (Å²) in [6.07, 6.45) is 3.45. The number of aryl methyl sites for hydroxylation is 1. The summed E-state index contributed by atoms with van der Waals surface area (Å²) in [6, 6.07) is 8.38. The monoisotopic (exact) mass is 284 g/mol. The molecule has 0 saturated carbocycles. The van der Waals surface area contributed by atoms with Gasteiger partial charge in [0.1, 0.15) is 0 Å². The number of oxime groups is 1. The van der Waals surface area contributed by atoms with Crippen LogP contribution in [0.2, 0.25) is 0 Å². The van der Waals surface area contributed by atoms with Crippen LogP contribution in [0.4, 0.5) is 0 Å². The Morgan fingerprint density at radius 1 is 1.29 bits per heavy atom. The molecule has 0 saturated heterocycles. The molecule has 6 nitrogen and oxygen atoms in total. The van der Waals surface area contributed by atoms with Gasteiger partial charge < -0.3 is 16.3 Å². The number of amides is 1. The Hall–Kier alpha value is -2.89. The van der Waals surface area contributed by atoms with Crippen molar-refractivity contribution in [2.75, 3.05) is 0 Å². The van der Waals surface area contributed by atoms with Crippen molar-refractivity contribution in [3.63, 3.8) is 0 Å². The molecule has 2 aromatic rings. The van der Waals surface area contributed by atoms with Gasteiger partial charge in [0.2, 0.25) is 0 Å². The van der Waals surface area contributed by atoms with Gasteiger partial charge in [0, 0.05) is 30.1 Å². The summed E-state index contributed by atoms with van der Waals surface area (Å²) >= 11 is 0. The first kappa shape index (κ1) is 14.5. The number of benzene rings is 1. The molecule has 0 aliphatic heterocycles. The van der Waals surface area contributed by atoms with Crippen molar-refractivity contribution < 1.29 is 10.0 Å². The quantitative estimate of drug-likeness (QED) is 0.342. The molecule has 1 amide bonds. The van der Waals surface area contributed by atoms with Crippen LogP contribution in [-0.2, 0) is 6.54 Å². The van der Waals surface area contributed by atoms with Crippen LogP contribution in [-0.4, -0.2) is 21.9 Å². The smallest absolute Gasteiger partial charge is 0.251 e. The maximum atomic E-state index is 12.0. The Morgan fingerprint density at radius 3 is 2.57 bits per heavy atom. The molecule has 4 N–H and O–H groups in total. The van der Waals surface area contributed by atoms with E-state index < -0.39 is 0 Å². The van der Waals surface area contributed by atoms with Crippen LogP contribution in [0.25, 0.3) is 0 Å². The molecule has 0 unspecified atom stereocenters. The number of nitrogens with zero attached hydrogens (tertiary/aromatic N) is 2. The van der Waals surface area contributed by atoms with Gasteiger partial charge in [-0.3, -0.25) is 9.78 Å². The molecule has 0 fully saturated rings. The largest absolute Gasteiger partial charge is 0.409 e. The highest BCUT2D eigenvalue weighted by Gasteiger charge is 2.07. The van der Waals surface area contributed by atoms with E-state index in [1.54, 1.807) is 36.7 Å². The number of amidine groups is 1. The van der Waals surface area contributed by atoms with Crippen molar-refractivity contribution in [3.05, 3.63) is 65.0 Å². The number of aromatic nitrogens is 1. The number of hydrogen-bond donors (Lipinski definition) is 3. The standard InChI is InChI=1S/C15H16N4O2/c1-10-8-17-7-6-13(10)9-18-15(20)12-4-2-11(3-5-12)14(16)19-21/h2-8,21H,9H2,1H3,(H2,16,19)(H,18,20). The highest BCUT2D eigenvalue weighted by Crippen LogP contribution is 2.07. The topological polar surface area (TPSA) is 101 Å². The third-order valence-electron chi connectivity index (χ3n) is 3.13. The third-order valence-corrected chi connectivity index (χ3v) is 3.13. The van der Waals surface area contributed by atoms with E-state index in [4.69, 9.17) is 10.9 Å². The van der Waals surface area contributed by atoms with Gasteiger partial charge in [-0.1, -0.05) is 17.3 Å². The maximum Gasteiger partial charge on any atom is 0.251 e. The second-order valence-corrected chi connectivity index (χ2v) is 4.55. The van der Waals surface area contributed by atoms with Gasteiger partial charge in [0.25, 0.3) is 5.91 Å². The number of nitrogens with two attached hydrogens (primary N) is 1.